The molecule has 0 spiro atoms. The van der Waals surface area contributed by atoms with E-state index < -0.39 is 12.3 Å². The zero-order valence-corrected chi connectivity index (χ0v) is 22.7. The van der Waals surface area contributed by atoms with Gasteiger partial charge in [-0.3, -0.25) is 5.32 Å². The maximum atomic E-state index is 12.3. The summed E-state index contributed by atoms with van der Waals surface area (Å²) >= 11 is 13.2. The van der Waals surface area contributed by atoms with Gasteiger partial charge in [0.2, 0.25) is 5.95 Å². The highest BCUT2D eigenvalue weighted by atomic mass is 35.5. The van der Waals surface area contributed by atoms with Crippen molar-refractivity contribution < 1.29 is 24.1 Å². The van der Waals surface area contributed by atoms with Gasteiger partial charge < -0.3 is 29.5 Å². The van der Waals surface area contributed by atoms with Gasteiger partial charge in [-0.05, 0) is 30.7 Å². The normalized spacial score (nSPS) is 17.8. The first-order valence-electron chi connectivity index (χ1n) is 11.9. The Labute approximate surface area is 230 Å². The van der Waals surface area contributed by atoms with Crippen LogP contribution in [0.2, 0.25) is 10.0 Å². The molecule has 0 aliphatic carbocycles. The van der Waals surface area contributed by atoms with Gasteiger partial charge in [-0.1, -0.05) is 35.8 Å². The van der Waals surface area contributed by atoms with Gasteiger partial charge in [-0.15, -0.1) is 0 Å². The molecule has 2 heterocycles. The summed E-state index contributed by atoms with van der Waals surface area (Å²) in [4.78, 5) is 23.0. The van der Waals surface area contributed by atoms with Gasteiger partial charge in [0, 0.05) is 42.3 Å². The van der Waals surface area contributed by atoms with E-state index in [1.807, 2.05) is 18.2 Å². The van der Waals surface area contributed by atoms with E-state index in [2.05, 4.69) is 27.2 Å². The van der Waals surface area contributed by atoms with Crippen molar-refractivity contribution in [3.8, 4) is 22.6 Å². The van der Waals surface area contributed by atoms with E-state index in [0.29, 0.717) is 51.7 Å². The molecule has 1 amide bonds. The number of carbonyl (C=O) groups excluding carboxylic acids is 1. The Morgan fingerprint density at radius 2 is 1.89 bits per heavy atom. The molecule has 1 aliphatic rings. The van der Waals surface area contributed by atoms with Gasteiger partial charge in [-0.25, -0.2) is 14.8 Å². The van der Waals surface area contributed by atoms with Gasteiger partial charge in [0.15, 0.2) is 0 Å². The quantitative estimate of drug-likeness (QED) is 0.259. The fourth-order valence-corrected chi connectivity index (χ4v) is 5.05. The lowest BCUT2D eigenvalue weighted by Gasteiger charge is -2.22. The molecule has 1 fully saturated rings. The number of benzene rings is 2. The maximum absolute atomic E-state index is 12.3. The summed E-state index contributed by atoms with van der Waals surface area (Å²) in [6, 6.07) is 6.64. The molecular weight excluding hydrogens is 533 g/mol. The smallest absolute Gasteiger partial charge is 0.409 e. The number of rotatable bonds is 9. The Morgan fingerprint density at radius 3 is 2.53 bits per heavy atom. The standard InChI is InChI=1S/C26H29Cl2N5O5/c1-5-21(34)30-17-12-33(26(35)38-6-2)13-18(17)32-25-29-11-15-9-14(7-8-16(15)31-25)22-23(27)19(36-3)10-20(37-4)24(22)28/h5,7-11,17-18,21,30,34H,1,6,12-13H2,2-4H3,(H,29,31,32)/t17-,18+,21?/m0/s1. The molecule has 1 saturated heterocycles. The van der Waals surface area contributed by atoms with Crippen LogP contribution in [0.1, 0.15) is 6.92 Å². The van der Waals surface area contributed by atoms with E-state index in [1.165, 1.54) is 20.3 Å². The fourth-order valence-electron chi connectivity index (χ4n) is 4.33. The Morgan fingerprint density at radius 1 is 1.21 bits per heavy atom. The number of ether oxygens (including phenoxy) is 3. The summed E-state index contributed by atoms with van der Waals surface area (Å²) in [6.07, 6.45) is 1.71. The predicted molar refractivity (Wildman–Crippen MR) is 147 cm³/mol. The number of amides is 1. The molecule has 12 heteroatoms. The second-order valence-electron chi connectivity index (χ2n) is 8.56. The molecule has 0 saturated carbocycles. The number of methoxy groups -OCH3 is 2. The van der Waals surface area contributed by atoms with Crippen molar-refractivity contribution in [2.24, 2.45) is 0 Å². The summed E-state index contributed by atoms with van der Waals surface area (Å²) in [5.41, 5.74) is 2.01. The van der Waals surface area contributed by atoms with Crippen LogP contribution in [0.5, 0.6) is 11.5 Å². The van der Waals surface area contributed by atoms with E-state index in [4.69, 9.17) is 37.4 Å². The van der Waals surface area contributed by atoms with Crippen molar-refractivity contribution in [3.05, 3.63) is 53.2 Å². The lowest BCUT2D eigenvalue weighted by Crippen LogP contribution is -2.47. The lowest BCUT2D eigenvalue weighted by atomic mass is 10.0. The number of hydrogen-bond acceptors (Lipinski definition) is 9. The monoisotopic (exact) mass is 561 g/mol. The highest BCUT2D eigenvalue weighted by Crippen LogP contribution is 2.46. The highest BCUT2D eigenvalue weighted by Gasteiger charge is 2.37. The molecule has 0 bridgehead atoms. The number of likely N-dealkylation sites (tertiary alicyclic amines) is 1. The van der Waals surface area contributed by atoms with Crippen molar-refractivity contribution in [1.82, 2.24) is 20.2 Å². The average Bonchev–Trinajstić information content (AvgIpc) is 3.31. The lowest BCUT2D eigenvalue weighted by molar-refractivity contribution is 0.113. The molecule has 1 aromatic heterocycles. The van der Waals surface area contributed by atoms with Crippen LogP contribution in [0.15, 0.2) is 43.1 Å². The Bertz CT molecular complexity index is 1310. The minimum absolute atomic E-state index is 0.273. The molecule has 202 valence electrons. The average molecular weight is 562 g/mol. The number of aliphatic hydroxyl groups excluding tert-OH is 1. The second kappa shape index (κ2) is 12.0. The topological polar surface area (TPSA) is 118 Å². The minimum atomic E-state index is -0.934. The molecule has 10 nitrogen and oxygen atoms in total. The van der Waals surface area contributed by atoms with E-state index in [-0.39, 0.29) is 18.7 Å². The van der Waals surface area contributed by atoms with Crippen LogP contribution >= 0.6 is 23.2 Å². The third kappa shape index (κ3) is 5.73. The fraction of sp³-hybridized carbons (Fsp3) is 0.346. The summed E-state index contributed by atoms with van der Waals surface area (Å²) in [7, 11) is 3.05. The first-order valence-corrected chi connectivity index (χ1v) is 12.7. The first kappa shape index (κ1) is 27.7. The predicted octanol–water partition coefficient (Wildman–Crippen LogP) is 4.34. The number of nitrogens with one attached hydrogen (secondary N) is 2. The van der Waals surface area contributed by atoms with Crippen molar-refractivity contribution in [2.75, 3.05) is 39.2 Å². The van der Waals surface area contributed by atoms with Crippen LogP contribution in [0, 0.1) is 0 Å². The summed E-state index contributed by atoms with van der Waals surface area (Å²) < 4.78 is 15.9. The van der Waals surface area contributed by atoms with Gasteiger partial charge in [0.05, 0.1) is 42.4 Å². The first-order chi connectivity index (χ1) is 18.3. The van der Waals surface area contributed by atoms with Crippen LogP contribution < -0.4 is 20.1 Å². The van der Waals surface area contributed by atoms with Crippen LogP contribution in [-0.2, 0) is 4.74 Å². The molecule has 38 heavy (non-hydrogen) atoms. The Balaban J connectivity index is 1.61. The Hall–Kier alpha value is -3.31. The van der Waals surface area contributed by atoms with Gasteiger partial charge >= 0.3 is 6.09 Å². The number of anilines is 1. The van der Waals surface area contributed by atoms with Crippen molar-refractivity contribution >= 4 is 46.1 Å². The van der Waals surface area contributed by atoms with Gasteiger partial charge in [0.25, 0.3) is 0 Å². The largest absolute Gasteiger partial charge is 0.495 e. The number of halogens is 2. The molecule has 3 atom stereocenters. The van der Waals surface area contributed by atoms with Crippen molar-refractivity contribution in [3.63, 3.8) is 0 Å². The zero-order chi connectivity index (χ0) is 27.4. The number of fused-ring (bicyclic) bond motifs is 1. The SMILES string of the molecule is C=CC(O)N[C@H]1CN(C(=O)OCC)C[C@H]1Nc1ncc2cc(-c3c(Cl)c(OC)cc(OC)c3Cl)ccc2n1. The second-order valence-corrected chi connectivity index (χ2v) is 9.32. The summed E-state index contributed by atoms with van der Waals surface area (Å²) in [6.45, 7) is 6.30. The number of nitrogens with zero attached hydrogens (tertiary/aromatic N) is 3. The number of hydrogen-bond donors (Lipinski definition) is 3. The molecular formula is C26H29Cl2N5O5. The molecule has 1 unspecified atom stereocenters. The van der Waals surface area contributed by atoms with Crippen LogP contribution in [0.3, 0.4) is 0 Å². The summed E-state index contributed by atoms with van der Waals surface area (Å²) in [5, 5.41) is 17.9. The zero-order valence-electron chi connectivity index (χ0n) is 21.2. The van der Waals surface area contributed by atoms with Gasteiger partial charge in [0.1, 0.15) is 17.7 Å². The Kier molecular flexibility index (Phi) is 8.78. The van der Waals surface area contributed by atoms with Gasteiger partial charge in [-0.2, -0.15) is 0 Å². The van der Waals surface area contributed by atoms with E-state index in [1.54, 1.807) is 24.1 Å². The molecule has 4 rings (SSSR count). The highest BCUT2D eigenvalue weighted by molar-refractivity contribution is 6.41. The van der Waals surface area contributed by atoms with E-state index >= 15 is 0 Å². The third-order valence-corrected chi connectivity index (χ3v) is 6.96. The van der Waals surface area contributed by atoms with Crippen LogP contribution in [0.25, 0.3) is 22.0 Å². The minimum Gasteiger partial charge on any atom is -0.495 e. The number of aromatic nitrogens is 2. The van der Waals surface area contributed by atoms with Crippen LogP contribution in [-0.4, -0.2) is 78.3 Å². The van der Waals surface area contributed by atoms with Crippen molar-refractivity contribution in [1.29, 1.82) is 0 Å². The van der Waals surface area contributed by atoms with E-state index in [9.17, 15) is 9.90 Å². The number of aliphatic hydroxyl groups is 1. The number of carbonyl (C=O) groups is 1. The molecule has 3 aromatic rings. The maximum Gasteiger partial charge on any atom is 0.409 e. The molecule has 0 radical (unpaired) electrons. The molecule has 3 N–H and O–H groups in total. The van der Waals surface area contributed by atoms with Crippen LogP contribution in [0.4, 0.5) is 10.7 Å². The molecule has 1 aliphatic heterocycles. The summed E-state index contributed by atoms with van der Waals surface area (Å²) in [5.74, 6) is 1.26. The molecule has 2 aromatic carbocycles. The van der Waals surface area contributed by atoms with Crippen molar-refractivity contribution in [2.45, 2.75) is 25.2 Å². The third-order valence-electron chi connectivity index (χ3n) is 6.21. The van der Waals surface area contributed by atoms with E-state index in [0.717, 1.165) is 10.9 Å².